The topological polar surface area (TPSA) is 6.48 Å². The van der Waals surface area contributed by atoms with Crippen LogP contribution in [0.25, 0.3) is 21.2 Å². The minimum Gasteiger partial charge on any atom is -0.311 e. The number of hydrogen-bond acceptors (Lipinski definition) is 4. The van der Waals surface area contributed by atoms with Crippen molar-refractivity contribution in [1.29, 1.82) is 0 Å². The van der Waals surface area contributed by atoms with E-state index in [1.165, 1.54) is 120 Å². The van der Waals surface area contributed by atoms with E-state index in [0.29, 0.717) is 0 Å². The lowest BCUT2D eigenvalue weighted by Gasteiger charge is -2.47. The van der Waals surface area contributed by atoms with Crippen LogP contribution in [0.15, 0.2) is 143 Å². The van der Waals surface area contributed by atoms with Crippen molar-refractivity contribution in [1.82, 2.24) is 0 Å². The van der Waals surface area contributed by atoms with Crippen LogP contribution in [-0.2, 0) is 27.1 Å². The molecule has 2 nitrogen and oxygen atoms in total. The average molecular weight is 909 g/mol. The third-order valence-electron chi connectivity index (χ3n) is 15.8. The van der Waals surface area contributed by atoms with E-state index < -0.39 is 0 Å². The van der Waals surface area contributed by atoms with E-state index in [9.17, 15) is 0 Å². The second kappa shape index (κ2) is 14.0. The summed E-state index contributed by atoms with van der Waals surface area (Å²) in [4.78, 5) is 8.06. The van der Waals surface area contributed by atoms with Crippen molar-refractivity contribution >= 4 is 89.7 Å². The number of rotatable bonds is 2. The Morgan fingerprint density at radius 3 is 1.69 bits per heavy atom. The Morgan fingerprint density at radius 1 is 0.478 bits per heavy atom. The van der Waals surface area contributed by atoms with Gasteiger partial charge in [0, 0.05) is 58.2 Å². The van der Waals surface area contributed by atoms with Crippen LogP contribution in [0.4, 0.5) is 34.1 Å². The molecule has 0 spiro atoms. The summed E-state index contributed by atoms with van der Waals surface area (Å²) in [6.07, 6.45) is 0. The normalized spacial score (nSPS) is 16.2. The van der Waals surface area contributed by atoms with Crippen LogP contribution >= 0.6 is 23.1 Å². The fourth-order valence-electron chi connectivity index (χ4n) is 11.8. The van der Waals surface area contributed by atoms with Gasteiger partial charge >= 0.3 is 0 Å². The molecule has 1 aliphatic carbocycles. The van der Waals surface area contributed by atoms with Crippen molar-refractivity contribution in [2.24, 2.45) is 0 Å². The lowest BCUT2D eigenvalue weighted by molar-refractivity contribution is 0.590. The zero-order chi connectivity index (χ0) is 46.9. The Morgan fingerprint density at radius 2 is 1.04 bits per heavy atom. The molecule has 0 bridgehead atoms. The van der Waals surface area contributed by atoms with E-state index in [2.05, 4.69) is 233 Å². The molecule has 67 heavy (non-hydrogen) atoms. The minimum atomic E-state index is -0.259. The molecule has 0 amide bonds. The van der Waals surface area contributed by atoms with Crippen molar-refractivity contribution in [2.45, 2.75) is 127 Å². The van der Waals surface area contributed by atoms with Gasteiger partial charge in [0.25, 0.3) is 6.71 Å². The summed E-state index contributed by atoms with van der Waals surface area (Å²) in [6.45, 7) is 30.8. The predicted octanol–water partition coefficient (Wildman–Crippen LogP) is 16.0. The standard InChI is InChI=1S/C62H61BN2S2/c1-58(2,3)36-22-27-39(28-23-36)64-49-31-26-38(60(7,8)9)32-48(49)63-53-50(64)34-47-56(66-51-21-17-16-20-45(51)62(47,12)13)55(53)65(40-29-24-37(25-30-40)59(4,5)6)54-43-33-42-41-18-14-15-19-44(41)61(10,11)46(42)35-52(43)67-57(54)63/h14-35H,1-13H3. The average Bonchev–Trinajstić information content (AvgIpc) is 3.76. The highest BCUT2D eigenvalue weighted by molar-refractivity contribution is 7.99. The lowest BCUT2D eigenvalue weighted by atomic mass is 9.36. The van der Waals surface area contributed by atoms with Gasteiger partial charge in [-0.15, -0.1) is 11.3 Å². The van der Waals surface area contributed by atoms with Crippen molar-refractivity contribution in [3.8, 4) is 11.1 Å². The summed E-state index contributed by atoms with van der Waals surface area (Å²) in [6, 6.07) is 52.5. The molecule has 8 aromatic rings. The van der Waals surface area contributed by atoms with Gasteiger partial charge in [0.15, 0.2) is 0 Å². The van der Waals surface area contributed by atoms with E-state index in [4.69, 9.17) is 0 Å². The Labute approximate surface area is 407 Å². The molecular formula is C62H61BN2S2. The smallest absolute Gasteiger partial charge is 0.264 e. The molecule has 0 atom stereocenters. The molecule has 1 aromatic heterocycles. The van der Waals surface area contributed by atoms with Gasteiger partial charge in [-0.2, -0.15) is 0 Å². The quantitative estimate of drug-likeness (QED) is 0.160. The van der Waals surface area contributed by atoms with Crippen LogP contribution < -0.4 is 25.5 Å². The number of nitrogens with zero attached hydrogens (tertiary/aromatic N) is 2. The molecule has 4 aliphatic rings. The molecule has 0 unspecified atom stereocenters. The van der Waals surface area contributed by atoms with Crippen molar-refractivity contribution in [3.05, 3.63) is 172 Å². The van der Waals surface area contributed by atoms with Gasteiger partial charge in [-0.25, -0.2) is 0 Å². The van der Waals surface area contributed by atoms with Gasteiger partial charge < -0.3 is 9.80 Å². The summed E-state index contributed by atoms with van der Waals surface area (Å²) in [5.74, 6) is 0. The molecule has 0 saturated heterocycles. The molecular weight excluding hydrogens is 848 g/mol. The third kappa shape index (κ3) is 6.15. The maximum Gasteiger partial charge on any atom is 0.264 e. The first kappa shape index (κ1) is 42.8. The summed E-state index contributed by atoms with van der Waals surface area (Å²) in [7, 11) is 0. The van der Waals surface area contributed by atoms with Gasteiger partial charge in [0.05, 0.1) is 11.4 Å². The van der Waals surface area contributed by atoms with Gasteiger partial charge in [-0.05, 0) is 132 Å². The van der Waals surface area contributed by atoms with Gasteiger partial charge in [0.2, 0.25) is 0 Å². The SMILES string of the molecule is CC(C)(C)c1ccc(N2c3ccc(C(C)(C)C)cc3B3c4sc5cc6c(cc5c4N(c4ccc(C(C)(C)C)cc4)c4c5c(cc2c43)C(C)(C)c2ccccc2S5)-c2ccccc2C6(C)C)cc1. The van der Waals surface area contributed by atoms with E-state index in [0.717, 1.165) is 0 Å². The molecule has 7 aromatic carbocycles. The molecule has 5 heteroatoms. The summed E-state index contributed by atoms with van der Waals surface area (Å²) in [5.41, 5.74) is 22.5. The summed E-state index contributed by atoms with van der Waals surface area (Å²) < 4.78 is 2.78. The van der Waals surface area contributed by atoms with Crippen LogP contribution in [0, 0.1) is 0 Å². The second-order valence-electron chi connectivity index (χ2n) is 23.9. The van der Waals surface area contributed by atoms with Crippen LogP contribution in [0.3, 0.4) is 0 Å². The predicted molar refractivity (Wildman–Crippen MR) is 292 cm³/mol. The van der Waals surface area contributed by atoms with E-state index >= 15 is 0 Å². The minimum absolute atomic E-state index is 0.0196. The number of benzene rings is 7. The van der Waals surface area contributed by atoms with Crippen LogP contribution in [0.1, 0.15) is 129 Å². The summed E-state index contributed by atoms with van der Waals surface area (Å²) in [5, 5.41) is 1.34. The maximum absolute atomic E-state index is 2.73. The van der Waals surface area contributed by atoms with E-state index in [-0.39, 0.29) is 33.8 Å². The molecule has 12 rings (SSSR count). The zero-order valence-electron chi connectivity index (χ0n) is 41.5. The highest BCUT2D eigenvalue weighted by Crippen LogP contribution is 2.59. The molecule has 0 saturated carbocycles. The Balaban J connectivity index is 1.25. The van der Waals surface area contributed by atoms with Crippen molar-refractivity contribution in [2.75, 3.05) is 9.80 Å². The lowest BCUT2D eigenvalue weighted by Crippen LogP contribution is -2.61. The monoisotopic (exact) mass is 908 g/mol. The Bertz CT molecular complexity index is 3390. The van der Waals surface area contributed by atoms with E-state index in [1.54, 1.807) is 0 Å². The van der Waals surface area contributed by atoms with Gasteiger partial charge in [0.1, 0.15) is 0 Å². The third-order valence-corrected chi connectivity index (χ3v) is 18.2. The number of anilines is 6. The van der Waals surface area contributed by atoms with E-state index in [1.807, 2.05) is 23.1 Å². The van der Waals surface area contributed by atoms with Gasteiger partial charge in [-0.1, -0.05) is 181 Å². The van der Waals surface area contributed by atoms with Crippen molar-refractivity contribution < 1.29 is 0 Å². The van der Waals surface area contributed by atoms with Crippen LogP contribution in [0.2, 0.25) is 0 Å². The van der Waals surface area contributed by atoms with Gasteiger partial charge in [-0.3, -0.25) is 0 Å². The number of thiophene rings is 1. The Hall–Kier alpha value is -5.49. The fourth-order valence-corrected chi connectivity index (χ4v) is 14.7. The molecule has 3 aliphatic heterocycles. The van der Waals surface area contributed by atoms with Crippen LogP contribution in [-0.4, -0.2) is 6.71 Å². The largest absolute Gasteiger partial charge is 0.311 e. The first-order valence-corrected chi connectivity index (χ1v) is 25.9. The first-order valence-electron chi connectivity index (χ1n) is 24.3. The second-order valence-corrected chi connectivity index (χ2v) is 26.0. The summed E-state index contributed by atoms with van der Waals surface area (Å²) >= 11 is 4.00. The zero-order valence-corrected chi connectivity index (χ0v) is 43.1. The van der Waals surface area contributed by atoms with Crippen LogP contribution in [0.5, 0.6) is 0 Å². The maximum atomic E-state index is 2.73. The first-order chi connectivity index (χ1) is 31.6. The molecule has 0 fully saturated rings. The number of hydrogen-bond donors (Lipinski definition) is 0. The molecule has 4 heterocycles. The highest BCUT2D eigenvalue weighted by atomic mass is 32.2. The Kier molecular flexibility index (Phi) is 8.98. The molecule has 334 valence electrons. The molecule has 0 radical (unpaired) electrons. The molecule has 0 N–H and O–H groups in total. The fraction of sp³-hybridized carbons (Fsp3) is 0.290. The number of fused-ring (bicyclic) bond motifs is 12. The van der Waals surface area contributed by atoms with Crippen molar-refractivity contribution in [3.63, 3.8) is 0 Å². The highest BCUT2D eigenvalue weighted by Gasteiger charge is 2.50.